The molecular weight excluding hydrogens is 212 g/mol. The van der Waals surface area contributed by atoms with Gasteiger partial charge in [-0.05, 0) is 52.6 Å². The van der Waals surface area contributed by atoms with Gasteiger partial charge in [0.1, 0.15) is 5.78 Å². The van der Waals surface area contributed by atoms with Crippen LogP contribution in [0.25, 0.3) is 0 Å². The molecule has 2 aliphatic carbocycles. The first kappa shape index (κ1) is 12.7. The fraction of sp³-hybridized carbons (Fsp3) is 0.857. The van der Waals surface area contributed by atoms with E-state index < -0.39 is 0 Å². The highest BCUT2D eigenvalue weighted by Gasteiger charge is 2.23. The van der Waals surface area contributed by atoms with Crippen molar-refractivity contribution in [1.82, 2.24) is 4.90 Å². The Morgan fingerprint density at radius 3 is 2.12 bits per heavy atom. The maximum absolute atomic E-state index is 11.2. The zero-order chi connectivity index (χ0) is 12.3. The average molecular weight is 236 g/mol. The molecule has 0 radical (unpaired) electrons. The number of aliphatic imine (C=N–C) groups is 1. The average Bonchev–Trinajstić information content (AvgIpc) is 2.33. The fourth-order valence-electron chi connectivity index (χ4n) is 2.91. The second-order valence-corrected chi connectivity index (χ2v) is 5.66. The Morgan fingerprint density at radius 1 is 1.00 bits per heavy atom. The summed E-state index contributed by atoms with van der Waals surface area (Å²) in [6.45, 7) is 0. The molecule has 0 saturated heterocycles. The van der Waals surface area contributed by atoms with Crippen molar-refractivity contribution in [3.8, 4) is 0 Å². The number of nitrogens with zero attached hydrogens (tertiary/aromatic N) is 2. The van der Waals surface area contributed by atoms with Crippen LogP contribution in [0.4, 0.5) is 0 Å². The molecule has 0 N–H and O–H groups in total. The van der Waals surface area contributed by atoms with Crippen molar-refractivity contribution in [3.05, 3.63) is 0 Å². The van der Waals surface area contributed by atoms with E-state index >= 15 is 0 Å². The zero-order valence-electron chi connectivity index (χ0n) is 11.1. The number of carbonyl (C=O) groups is 1. The third kappa shape index (κ3) is 3.63. The van der Waals surface area contributed by atoms with E-state index in [1.54, 1.807) is 0 Å². The lowest BCUT2D eigenvalue weighted by molar-refractivity contribution is -0.119. The predicted octanol–water partition coefficient (Wildman–Crippen LogP) is 2.44. The molecule has 17 heavy (non-hydrogen) atoms. The van der Waals surface area contributed by atoms with Crippen LogP contribution in [0.15, 0.2) is 4.99 Å². The molecule has 3 heteroatoms. The fourth-order valence-corrected chi connectivity index (χ4v) is 2.91. The van der Waals surface area contributed by atoms with Crippen molar-refractivity contribution >= 4 is 11.5 Å². The number of rotatable bonds is 2. The first-order chi connectivity index (χ1) is 8.15. The highest BCUT2D eigenvalue weighted by atomic mass is 16.1. The molecule has 0 atom stereocenters. The SMILES string of the molecule is CN(C)C1CCC(N=C2CCC(=O)CC2)CC1. The van der Waals surface area contributed by atoms with Gasteiger partial charge in [0.2, 0.25) is 0 Å². The summed E-state index contributed by atoms with van der Waals surface area (Å²) in [7, 11) is 4.34. The lowest BCUT2D eigenvalue weighted by Gasteiger charge is -2.31. The minimum Gasteiger partial charge on any atom is -0.306 e. The van der Waals surface area contributed by atoms with Crippen LogP contribution in [-0.4, -0.2) is 42.6 Å². The summed E-state index contributed by atoms with van der Waals surface area (Å²) in [4.78, 5) is 18.4. The highest BCUT2D eigenvalue weighted by Crippen LogP contribution is 2.25. The smallest absolute Gasteiger partial charge is 0.133 e. The predicted molar refractivity (Wildman–Crippen MR) is 70.6 cm³/mol. The van der Waals surface area contributed by atoms with Gasteiger partial charge in [-0.2, -0.15) is 0 Å². The van der Waals surface area contributed by atoms with Gasteiger partial charge in [0.15, 0.2) is 0 Å². The van der Waals surface area contributed by atoms with Crippen LogP contribution in [0, 0.1) is 0 Å². The molecule has 0 bridgehead atoms. The van der Waals surface area contributed by atoms with Crippen molar-refractivity contribution in [1.29, 1.82) is 0 Å². The molecule has 0 heterocycles. The maximum Gasteiger partial charge on any atom is 0.133 e. The van der Waals surface area contributed by atoms with E-state index in [1.807, 2.05) is 0 Å². The van der Waals surface area contributed by atoms with Gasteiger partial charge in [-0.25, -0.2) is 0 Å². The van der Waals surface area contributed by atoms with Crippen molar-refractivity contribution < 1.29 is 4.79 Å². The van der Waals surface area contributed by atoms with E-state index in [1.165, 1.54) is 31.4 Å². The minimum absolute atomic E-state index is 0.417. The lowest BCUT2D eigenvalue weighted by Crippen LogP contribution is -2.33. The van der Waals surface area contributed by atoms with Crippen LogP contribution >= 0.6 is 0 Å². The maximum atomic E-state index is 11.2. The summed E-state index contributed by atoms with van der Waals surface area (Å²) < 4.78 is 0. The Labute approximate surface area is 104 Å². The van der Waals surface area contributed by atoms with E-state index in [2.05, 4.69) is 19.0 Å². The van der Waals surface area contributed by atoms with Crippen LogP contribution in [-0.2, 0) is 4.79 Å². The van der Waals surface area contributed by atoms with Gasteiger partial charge in [0.05, 0.1) is 0 Å². The summed E-state index contributed by atoms with van der Waals surface area (Å²) in [5.41, 5.74) is 1.30. The Hall–Kier alpha value is -0.700. The van der Waals surface area contributed by atoms with Gasteiger partial charge in [0.25, 0.3) is 0 Å². The number of ketones is 1. The zero-order valence-corrected chi connectivity index (χ0v) is 11.1. The van der Waals surface area contributed by atoms with E-state index in [-0.39, 0.29) is 0 Å². The monoisotopic (exact) mass is 236 g/mol. The Balaban J connectivity index is 1.81. The molecular formula is C14H24N2O. The molecule has 96 valence electrons. The largest absolute Gasteiger partial charge is 0.306 e. The summed E-state index contributed by atoms with van der Waals surface area (Å²) in [5, 5.41) is 0. The van der Waals surface area contributed by atoms with Crippen molar-refractivity contribution in [2.24, 2.45) is 4.99 Å². The van der Waals surface area contributed by atoms with Crippen LogP contribution in [0.1, 0.15) is 51.4 Å². The van der Waals surface area contributed by atoms with Crippen LogP contribution in [0.5, 0.6) is 0 Å². The standard InChI is InChI=1S/C14H24N2O/c1-16(2)13-7-3-11(4-8-13)15-12-5-9-14(17)10-6-12/h11,13H,3-10H2,1-2H3. The second kappa shape index (κ2) is 5.76. The highest BCUT2D eigenvalue weighted by molar-refractivity contribution is 5.95. The van der Waals surface area contributed by atoms with E-state index in [0.29, 0.717) is 11.8 Å². The molecule has 0 aromatic carbocycles. The van der Waals surface area contributed by atoms with Gasteiger partial charge in [-0.15, -0.1) is 0 Å². The van der Waals surface area contributed by atoms with Crippen molar-refractivity contribution in [2.45, 2.75) is 63.5 Å². The van der Waals surface area contributed by atoms with Gasteiger partial charge >= 0.3 is 0 Å². The molecule has 0 unspecified atom stereocenters. The van der Waals surface area contributed by atoms with Crippen LogP contribution < -0.4 is 0 Å². The van der Waals surface area contributed by atoms with Gasteiger partial charge in [-0.3, -0.25) is 9.79 Å². The van der Waals surface area contributed by atoms with Gasteiger partial charge in [-0.1, -0.05) is 0 Å². The first-order valence-electron chi connectivity index (χ1n) is 6.89. The van der Waals surface area contributed by atoms with E-state index in [0.717, 1.165) is 31.7 Å². The lowest BCUT2D eigenvalue weighted by atomic mass is 9.90. The molecule has 3 nitrogen and oxygen atoms in total. The minimum atomic E-state index is 0.417. The molecule has 2 aliphatic rings. The summed E-state index contributed by atoms with van der Waals surface area (Å²) in [5.74, 6) is 0.417. The van der Waals surface area contributed by atoms with Crippen LogP contribution in [0.3, 0.4) is 0 Å². The number of carbonyl (C=O) groups excluding carboxylic acids is 1. The Kier molecular flexibility index (Phi) is 4.32. The molecule has 2 fully saturated rings. The summed E-state index contributed by atoms with van der Waals surface area (Å²) in [6.07, 6.45) is 8.29. The molecule has 0 spiro atoms. The first-order valence-corrected chi connectivity index (χ1v) is 6.89. The molecule has 0 aromatic rings. The second-order valence-electron chi connectivity index (χ2n) is 5.66. The third-order valence-corrected chi connectivity index (χ3v) is 4.15. The van der Waals surface area contributed by atoms with Gasteiger partial charge in [0, 0.05) is 30.6 Å². The molecule has 2 rings (SSSR count). The van der Waals surface area contributed by atoms with Crippen molar-refractivity contribution in [2.75, 3.05) is 14.1 Å². The molecule has 0 aromatic heterocycles. The van der Waals surface area contributed by atoms with Gasteiger partial charge < -0.3 is 4.90 Å². The Morgan fingerprint density at radius 2 is 1.59 bits per heavy atom. The molecule has 2 saturated carbocycles. The number of Topliss-reactive ketones (excluding diaryl/α,β-unsaturated/α-hetero) is 1. The summed E-state index contributed by atoms with van der Waals surface area (Å²) in [6, 6.07) is 1.29. The number of hydrogen-bond acceptors (Lipinski definition) is 3. The van der Waals surface area contributed by atoms with E-state index in [4.69, 9.17) is 4.99 Å². The third-order valence-electron chi connectivity index (χ3n) is 4.15. The topological polar surface area (TPSA) is 32.7 Å². The quantitative estimate of drug-likeness (QED) is 0.737. The molecule has 0 aliphatic heterocycles. The number of hydrogen-bond donors (Lipinski definition) is 0. The molecule has 0 amide bonds. The van der Waals surface area contributed by atoms with Crippen LogP contribution in [0.2, 0.25) is 0 Å². The van der Waals surface area contributed by atoms with E-state index in [9.17, 15) is 4.79 Å². The normalized spacial score (nSPS) is 30.8. The van der Waals surface area contributed by atoms with Crippen molar-refractivity contribution in [3.63, 3.8) is 0 Å². The summed E-state index contributed by atoms with van der Waals surface area (Å²) >= 11 is 0. The Bertz CT molecular complexity index is 289.